The van der Waals surface area contributed by atoms with Crippen LogP contribution in [0.2, 0.25) is 0 Å². The van der Waals surface area contributed by atoms with Gasteiger partial charge < -0.3 is 15.0 Å². The first-order chi connectivity index (χ1) is 12.1. The minimum absolute atomic E-state index is 0.0532. The molecule has 0 aromatic heterocycles. The van der Waals surface area contributed by atoms with Crippen LogP contribution in [0.4, 0.5) is 0 Å². The van der Waals surface area contributed by atoms with E-state index < -0.39 is 0 Å². The van der Waals surface area contributed by atoms with Crippen LogP contribution in [0.3, 0.4) is 0 Å². The molecule has 0 bridgehead atoms. The summed E-state index contributed by atoms with van der Waals surface area (Å²) < 4.78 is 6.15. The summed E-state index contributed by atoms with van der Waals surface area (Å²) in [6.45, 7) is 18.9. The van der Waals surface area contributed by atoms with E-state index in [4.69, 9.17) is 4.74 Å². The van der Waals surface area contributed by atoms with E-state index in [1.54, 1.807) is 0 Å². The Bertz CT molecular complexity index is 461. The highest BCUT2D eigenvalue weighted by atomic mass is 16.5. The Labute approximate surface area is 161 Å². The zero-order chi connectivity index (χ0) is 19.4. The van der Waals surface area contributed by atoms with Crippen molar-refractivity contribution in [1.82, 2.24) is 15.1 Å². The van der Waals surface area contributed by atoms with Crippen LogP contribution >= 0.6 is 0 Å². The monoisotopic (exact) mass is 366 g/mol. The van der Waals surface area contributed by atoms with Crippen LogP contribution in [0.1, 0.15) is 67.2 Å². The van der Waals surface area contributed by atoms with E-state index in [-0.39, 0.29) is 11.1 Å². The molecule has 2 aliphatic heterocycles. The predicted molar refractivity (Wildman–Crippen MR) is 111 cm³/mol. The van der Waals surface area contributed by atoms with Crippen LogP contribution < -0.4 is 5.32 Å². The third kappa shape index (κ3) is 6.41. The Kier molecular flexibility index (Phi) is 7.37. The average molecular weight is 367 g/mol. The summed E-state index contributed by atoms with van der Waals surface area (Å²) in [6.07, 6.45) is 5.21. The van der Waals surface area contributed by atoms with Crippen LogP contribution in [0.25, 0.3) is 0 Å². The van der Waals surface area contributed by atoms with E-state index in [0.29, 0.717) is 6.10 Å². The van der Waals surface area contributed by atoms with Crippen LogP contribution in [0.5, 0.6) is 0 Å². The number of piperidine rings is 2. The Morgan fingerprint density at radius 1 is 1.08 bits per heavy atom. The predicted octanol–water partition coefficient (Wildman–Crippen LogP) is 3.35. The number of nitrogens with one attached hydrogen (secondary N) is 1. The zero-order valence-corrected chi connectivity index (χ0v) is 18.3. The fraction of sp³-hybridized carbons (Fsp3) is 0.952. The molecule has 5 heteroatoms. The maximum Gasteiger partial charge on any atom is 0.193 e. The summed E-state index contributed by atoms with van der Waals surface area (Å²) in [7, 11) is 1.90. The highest BCUT2D eigenvalue weighted by Crippen LogP contribution is 2.24. The van der Waals surface area contributed by atoms with Crippen molar-refractivity contribution in [3.63, 3.8) is 0 Å². The molecule has 0 aromatic carbocycles. The van der Waals surface area contributed by atoms with Crippen molar-refractivity contribution in [3.05, 3.63) is 0 Å². The number of ether oxygens (including phenoxy) is 1. The smallest absolute Gasteiger partial charge is 0.193 e. The number of guanidine groups is 1. The third-order valence-electron chi connectivity index (χ3n) is 5.67. The fourth-order valence-corrected chi connectivity index (χ4v) is 4.16. The topological polar surface area (TPSA) is 40.1 Å². The van der Waals surface area contributed by atoms with Gasteiger partial charge >= 0.3 is 0 Å². The third-order valence-corrected chi connectivity index (χ3v) is 5.67. The second-order valence-corrected chi connectivity index (χ2v) is 9.82. The number of aliphatic imine (C=N–C) groups is 1. The van der Waals surface area contributed by atoms with Gasteiger partial charge in [-0.05, 0) is 72.8 Å². The molecule has 1 N–H and O–H groups in total. The molecule has 1 atom stereocenters. The van der Waals surface area contributed by atoms with Gasteiger partial charge in [0, 0.05) is 38.8 Å². The summed E-state index contributed by atoms with van der Waals surface area (Å²) in [5, 5.41) is 3.65. The molecular weight excluding hydrogens is 324 g/mol. The molecule has 0 saturated carbocycles. The van der Waals surface area contributed by atoms with E-state index in [1.165, 1.54) is 25.9 Å². The molecule has 2 rings (SSSR count). The van der Waals surface area contributed by atoms with Crippen molar-refractivity contribution < 1.29 is 4.74 Å². The van der Waals surface area contributed by atoms with Gasteiger partial charge in [0.15, 0.2) is 5.96 Å². The standard InChI is InChI=1S/C21H42N4O/c1-17-9-8-12-25(15-17)21(5,6)16-23-19(22-7)24-13-10-18(11-14-24)26-20(2,3)4/h17-18H,8-16H2,1-7H3,(H,22,23). The molecule has 0 amide bonds. The Balaban J connectivity index is 1.82. The van der Waals surface area contributed by atoms with Gasteiger partial charge in [0.1, 0.15) is 0 Å². The number of hydrogen-bond donors (Lipinski definition) is 1. The number of likely N-dealkylation sites (tertiary alicyclic amines) is 2. The van der Waals surface area contributed by atoms with E-state index >= 15 is 0 Å². The van der Waals surface area contributed by atoms with Gasteiger partial charge in [-0.3, -0.25) is 9.89 Å². The highest BCUT2D eigenvalue weighted by molar-refractivity contribution is 5.80. The Morgan fingerprint density at radius 3 is 2.27 bits per heavy atom. The largest absolute Gasteiger partial charge is 0.372 e. The molecule has 0 aliphatic carbocycles. The SMILES string of the molecule is CN=C(NCC(C)(C)N1CCCC(C)C1)N1CCC(OC(C)(C)C)CC1. The van der Waals surface area contributed by atoms with E-state index in [2.05, 4.69) is 61.7 Å². The van der Waals surface area contributed by atoms with Gasteiger partial charge in [0.25, 0.3) is 0 Å². The highest BCUT2D eigenvalue weighted by Gasteiger charge is 2.31. The van der Waals surface area contributed by atoms with Crippen LogP contribution in [0.15, 0.2) is 4.99 Å². The lowest BCUT2D eigenvalue weighted by atomic mass is 9.93. The van der Waals surface area contributed by atoms with Crippen molar-refractivity contribution in [1.29, 1.82) is 0 Å². The van der Waals surface area contributed by atoms with Crippen molar-refractivity contribution in [3.8, 4) is 0 Å². The van der Waals surface area contributed by atoms with E-state index in [9.17, 15) is 0 Å². The van der Waals surface area contributed by atoms with Crippen molar-refractivity contribution in [2.75, 3.05) is 39.8 Å². The first-order valence-electron chi connectivity index (χ1n) is 10.5. The van der Waals surface area contributed by atoms with Gasteiger partial charge in [-0.25, -0.2) is 0 Å². The lowest BCUT2D eigenvalue weighted by molar-refractivity contribution is -0.0773. The number of rotatable bonds is 4. The maximum absolute atomic E-state index is 6.15. The second kappa shape index (κ2) is 8.92. The van der Waals surface area contributed by atoms with Crippen LogP contribution in [0, 0.1) is 5.92 Å². The normalized spacial score (nSPS) is 24.8. The summed E-state index contributed by atoms with van der Waals surface area (Å²) in [5.74, 6) is 1.85. The maximum atomic E-state index is 6.15. The number of hydrogen-bond acceptors (Lipinski definition) is 3. The fourth-order valence-electron chi connectivity index (χ4n) is 4.16. The van der Waals surface area contributed by atoms with E-state index in [1.807, 2.05) is 7.05 Å². The minimum atomic E-state index is -0.0532. The van der Waals surface area contributed by atoms with Gasteiger partial charge in [0.2, 0.25) is 0 Å². The molecule has 2 fully saturated rings. The second-order valence-electron chi connectivity index (χ2n) is 9.82. The van der Waals surface area contributed by atoms with Crippen molar-refractivity contribution >= 4 is 5.96 Å². The lowest BCUT2D eigenvalue weighted by Crippen LogP contribution is -2.57. The Hall–Kier alpha value is -0.810. The Morgan fingerprint density at radius 2 is 1.73 bits per heavy atom. The van der Waals surface area contributed by atoms with Crippen LogP contribution in [-0.4, -0.2) is 72.8 Å². The first kappa shape index (κ1) is 21.5. The molecule has 2 aliphatic rings. The van der Waals surface area contributed by atoms with Gasteiger partial charge in [-0.1, -0.05) is 6.92 Å². The molecule has 26 heavy (non-hydrogen) atoms. The van der Waals surface area contributed by atoms with Gasteiger partial charge in [0.05, 0.1) is 11.7 Å². The first-order valence-corrected chi connectivity index (χ1v) is 10.5. The molecule has 0 radical (unpaired) electrons. The van der Waals surface area contributed by atoms with Gasteiger partial charge in [-0.2, -0.15) is 0 Å². The average Bonchev–Trinajstić information content (AvgIpc) is 2.55. The van der Waals surface area contributed by atoms with Crippen LogP contribution in [-0.2, 0) is 4.74 Å². The number of nitrogens with zero attached hydrogens (tertiary/aromatic N) is 3. The molecule has 0 spiro atoms. The molecule has 2 saturated heterocycles. The molecular formula is C21H42N4O. The summed E-state index contributed by atoms with van der Waals surface area (Å²) in [6, 6.07) is 0. The summed E-state index contributed by atoms with van der Waals surface area (Å²) in [4.78, 5) is 9.58. The molecule has 2 heterocycles. The summed E-state index contributed by atoms with van der Waals surface area (Å²) >= 11 is 0. The van der Waals surface area contributed by atoms with E-state index in [0.717, 1.165) is 44.4 Å². The molecule has 1 unspecified atom stereocenters. The van der Waals surface area contributed by atoms with Gasteiger partial charge in [-0.15, -0.1) is 0 Å². The summed E-state index contributed by atoms with van der Waals surface area (Å²) in [5.41, 5.74) is 0.0979. The minimum Gasteiger partial charge on any atom is -0.372 e. The lowest BCUT2D eigenvalue weighted by Gasteiger charge is -2.44. The zero-order valence-electron chi connectivity index (χ0n) is 18.3. The quantitative estimate of drug-likeness (QED) is 0.612. The van der Waals surface area contributed by atoms with Crippen molar-refractivity contribution in [2.45, 2.75) is 84.5 Å². The molecule has 0 aromatic rings. The molecule has 152 valence electrons. The molecule has 5 nitrogen and oxygen atoms in total. The van der Waals surface area contributed by atoms with Crippen molar-refractivity contribution in [2.24, 2.45) is 10.9 Å².